The van der Waals surface area contributed by atoms with Crippen molar-refractivity contribution in [2.75, 3.05) is 19.6 Å². The van der Waals surface area contributed by atoms with Crippen LogP contribution >= 0.6 is 0 Å². The third kappa shape index (κ3) is 1.94. The standard InChI is InChI=1S/C16H21FN2O/c1-10-6-11(4-5-14(10)17)15(20)19-9-12-7-18-8-13(12)16(19,2)3/h4-6,12-13,18H,7-9H2,1-3H3. The van der Waals surface area contributed by atoms with Gasteiger partial charge >= 0.3 is 0 Å². The fraction of sp³-hybridized carbons (Fsp3) is 0.562. The molecule has 2 aliphatic rings. The average Bonchev–Trinajstić information content (AvgIpc) is 2.95. The second-order valence-electron chi connectivity index (χ2n) is 6.56. The zero-order chi connectivity index (χ0) is 14.5. The molecule has 2 fully saturated rings. The molecule has 1 aromatic carbocycles. The molecular weight excluding hydrogens is 255 g/mol. The molecule has 0 saturated carbocycles. The Morgan fingerprint density at radius 3 is 2.80 bits per heavy atom. The fourth-order valence-corrected chi connectivity index (χ4v) is 3.70. The summed E-state index contributed by atoms with van der Waals surface area (Å²) in [5.74, 6) is 0.805. The molecule has 0 aromatic heterocycles. The summed E-state index contributed by atoms with van der Waals surface area (Å²) in [5, 5.41) is 3.41. The molecule has 2 atom stereocenters. The Balaban J connectivity index is 1.89. The Morgan fingerprint density at radius 1 is 1.40 bits per heavy atom. The van der Waals surface area contributed by atoms with Gasteiger partial charge in [0.05, 0.1) is 0 Å². The number of fused-ring (bicyclic) bond motifs is 1. The predicted molar refractivity (Wildman–Crippen MR) is 76.1 cm³/mol. The van der Waals surface area contributed by atoms with Gasteiger partial charge in [0.1, 0.15) is 5.82 Å². The first-order valence-corrected chi connectivity index (χ1v) is 7.20. The largest absolute Gasteiger partial charge is 0.333 e. The van der Waals surface area contributed by atoms with Crippen molar-refractivity contribution in [1.29, 1.82) is 0 Å². The smallest absolute Gasteiger partial charge is 0.254 e. The number of hydrogen-bond donors (Lipinski definition) is 1. The minimum atomic E-state index is -0.261. The van der Waals surface area contributed by atoms with Crippen molar-refractivity contribution in [3.8, 4) is 0 Å². The summed E-state index contributed by atoms with van der Waals surface area (Å²) in [7, 11) is 0. The fourth-order valence-electron chi connectivity index (χ4n) is 3.70. The van der Waals surface area contributed by atoms with Crippen LogP contribution in [0.3, 0.4) is 0 Å². The van der Waals surface area contributed by atoms with Crippen molar-refractivity contribution in [1.82, 2.24) is 10.2 Å². The van der Waals surface area contributed by atoms with Gasteiger partial charge in [-0.3, -0.25) is 4.79 Å². The van der Waals surface area contributed by atoms with Gasteiger partial charge in [-0.15, -0.1) is 0 Å². The number of rotatable bonds is 1. The summed E-state index contributed by atoms with van der Waals surface area (Å²) in [6, 6.07) is 4.63. The third-order valence-corrected chi connectivity index (χ3v) is 5.01. The molecule has 2 saturated heterocycles. The molecule has 20 heavy (non-hydrogen) atoms. The van der Waals surface area contributed by atoms with E-state index >= 15 is 0 Å². The highest BCUT2D eigenvalue weighted by atomic mass is 19.1. The maximum atomic E-state index is 13.3. The van der Waals surface area contributed by atoms with Crippen LogP contribution in [-0.2, 0) is 0 Å². The number of carbonyl (C=O) groups excluding carboxylic acids is 1. The second kappa shape index (κ2) is 4.55. The van der Waals surface area contributed by atoms with Crippen molar-refractivity contribution in [3.05, 3.63) is 35.1 Å². The molecule has 1 N–H and O–H groups in total. The highest BCUT2D eigenvalue weighted by Gasteiger charge is 2.51. The molecule has 0 aliphatic carbocycles. The Labute approximate surface area is 119 Å². The van der Waals surface area contributed by atoms with E-state index in [9.17, 15) is 9.18 Å². The van der Waals surface area contributed by atoms with Crippen LogP contribution in [0.25, 0.3) is 0 Å². The molecular formula is C16H21FN2O. The summed E-state index contributed by atoms with van der Waals surface area (Å²) >= 11 is 0. The molecule has 0 bridgehead atoms. The maximum Gasteiger partial charge on any atom is 0.254 e. The van der Waals surface area contributed by atoms with Crippen LogP contribution in [0.15, 0.2) is 18.2 Å². The van der Waals surface area contributed by atoms with E-state index in [2.05, 4.69) is 19.2 Å². The van der Waals surface area contributed by atoms with Crippen molar-refractivity contribution < 1.29 is 9.18 Å². The minimum absolute atomic E-state index is 0.0208. The van der Waals surface area contributed by atoms with E-state index in [1.165, 1.54) is 6.07 Å². The number of halogens is 1. The summed E-state index contributed by atoms with van der Waals surface area (Å²) in [5.41, 5.74) is 0.965. The van der Waals surface area contributed by atoms with Gasteiger partial charge in [-0.05, 0) is 56.4 Å². The first-order valence-electron chi connectivity index (χ1n) is 7.20. The van der Waals surface area contributed by atoms with E-state index in [4.69, 9.17) is 0 Å². The Bertz CT molecular complexity index is 555. The van der Waals surface area contributed by atoms with Gasteiger partial charge in [0.2, 0.25) is 0 Å². The van der Waals surface area contributed by atoms with Crippen LogP contribution < -0.4 is 5.32 Å². The van der Waals surface area contributed by atoms with Gasteiger partial charge in [0.25, 0.3) is 5.91 Å². The van der Waals surface area contributed by atoms with Gasteiger partial charge in [-0.25, -0.2) is 4.39 Å². The molecule has 4 heteroatoms. The summed E-state index contributed by atoms with van der Waals surface area (Å²) in [6.45, 7) is 8.72. The molecule has 0 spiro atoms. The Hall–Kier alpha value is -1.42. The first-order chi connectivity index (χ1) is 9.41. The molecule has 0 radical (unpaired) electrons. The summed E-state index contributed by atoms with van der Waals surface area (Å²) in [6.07, 6.45) is 0. The average molecular weight is 276 g/mol. The molecule has 108 valence electrons. The van der Waals surface area contributed by atoms with E-state index < -0.39 is 0 Å². The van der Waals surface area contributed by atoms with Crippen molar-refractivity contribution in [3.63, 3.8) is 0 Å². The van der Waals surface area contributed by atoms with E-state index in [1.54, 1.807) is 19.1 Å². The van der Waals surface area contributed by atoms with Crippen molar-refractivity contribution in [2.45, 2.75) is 26.3 Å². The summed E-state index contributed by atoms with van der Waals surface area (Å²) < 4.78 is 13.3. The SMILES string of the molecule is Cc1cc(C(=O)N2CC3CNCC3C2(C)C)ccc1F. The number of nitrogens with zero attached hydrogens (tertiary/aromatic N) is 1. The zero-order valence-corrected chi connectivity index (χ0v) is 12.2. The van der Waals surface area contributed by atoms with Gasteiger partial charge in [-0.1, -0.05) is 0 Å². The van der Waals surface area contributed by atoms with E-state index in [0.717, 1.165) is 19.6 Å². The van der Waals surface area contributed by atoms with Crippen LogP contribution in [0, 0.1) is 24.6 Å². The van der Waals surface area contributed by atoms with Gasteiger partial charge in [0, 0.05) is 30.7 Å². The Morgan fingerprint density at radius 2 is 2.15 bits per heavy atom. The van der Waals surface area contributed by atoms with Crippen LogP contribution in [0.1, 0.15) is 29.8 Å². The highest BCUT2D eigenvalue weighted by molar-refractivity contribution is 5.95. The lowest BCUT2D eigenvalue weighted by atomic mass is 9.84. The lowest BCUT2D eigenvalue weighted by molar-refractivity contribution is 0.0603. The lowest BCUT2D eigenvalue weighted by Gasteiger charge is -2.35. The lowest BCUT2D eigenvalue weighted by Crippen LogP contribution is -2.47. The van der Waals surface area contributed by atoms with Crippen LogP contribution in [0.2, 0.25) is 0 Å². The minimum Gasteiger partial charge on any atom is -0.333 e. The topological polar surface area (TPSA) is 32.3 Å². The van der Waals surface area contributed by atoms with Crippen LogP contribution in [0.5, 0.6) is 0 Å². The number of amides is 1. The van der Waals surface area contributed by atoms with Gasteiger partial charge in [-0.2, -0.15) is 0 Å². The molecule has 1 amide bonds. The van der Waals surface area contributed by atoms with Gasteiger partial charge in [0.15, 0.2) is 0 Å². The predicted octanol–water partition coefficient (Wildman–Crippen LogP) is 2.20. The number of likely N-dealkylation sites (tertiary alicyclic amines) is 1. The number of benzene rings is 1. The first kappa shape index (κ1) is 13.6. The second-order valence-corrected chi connectivity index (χ2v) is 6.56. The number of nitrogens with one attached hydrogen (secondary N) is 1. The van der Waals surface area contributed by atoms with E-state index in [0.29, 0.717) is 23.0 Å². The van der Waals surface area contributed by atoms with Crippen LogP contribution in [-0.4, -0.2) is 36.0 Å². The van der Waals surface area contributed by atoms with Crippen LogP contribution in [0.4, 0.5) is 4.39 Å². The molecule has 3 rings (SSSR count). The highest BCUT2D eigenvalue weighted by Crippen LogP contribution is 2.41. The molecule has 2 unspecified atom stereocenters. The summed E-state index contributed by atoms with van der Waals surface area (Å²) in [4.78, 5) is 14.7. The molecule has 3 nitrogen and oxygen atoms in total. The van der Waals surface area contributed by atoms with Crippen molar-refractivity contribution in [2.24, 2.45) is 11.8 Å². The molecule has 1 aromatic rings. The molecule has 2 aliphatic heterocycles. The zero-order valence-electron chi connectivity index (χ0n) is 12.2. The quantitative estimate of drug-likeness (QED) is 0.853. The number of carbonyl (C=O) groups is 1. The third-order valence-electron chi connectivity index (χ3n) is 5.01. The monoisotopic (exact) mass is 276 g/mol. The number of aryl methyl sites for hydroxylation is 1. The van der Waals surface area contributed by atoms with E-state index in [-0.39, 0.29) is 17.3 Å². The van der Waals surface area contributed by atoms with Gasteiger partial charge < -0.3 is 10.2 Å². The normalized spacial score (nSPS) is 27.7. The van der Waals surface area contributed by atoms with E-state index in [1.807, 2.05) is 4.90 Å². The molecule has 2 heterocycles. The maximum absolute atomic E-state index is 13.3. The Kier molecular flexibility index (Phi) is 3.09. The number of hydrogen-bond acceptors (Lipinski definition) is 2. The van der Waals surface area contributed by atoms with Crippen molar-refractivity contribution >= 4 is 5.91 Å².